The van der Waals surface area contributed by atoms with E-state index in [1.807, 2.05) is 30.3 Å². The highest BCUT2D eigenvalue weighted by Gasteiger charge is 2.18. The van der Waals surface area contributed by atoms with E-state index in [-0.39, 0.29) is 12.5 Å². The normalized spacial score (nSPS) is 17.5. The van der Waals surface area contributed by atoms with E-state index in [0.29, 0.717) is 23.8 Å². The molecule has 1 amide bonds. The third-order valence-corrected chi connectivity index (χ3v) is 4.98. The van der Waals surface area contributed by atoms with Crippen LogP contribution in [0.5, 0.6) is 5.75 Å². The summed E-state index contributed by atoms with van der Waals surface area (Å²) in [5, 5.41) is 12.3. The lowest BCUT2D eigenvalue weighted by Gasteiger charge is -2.31. The highest BCUT2D eigenvalue weighted by molar-refractivity contribution is 5.95. The second-order valence-electron chi connectivity index (χ2n) is 6.94. The van der Waals surface area contributed by atoms with Gasteiger partial charge in [0.05, 0.1) is 13.3 Å². The van der Waals surface area contributed by atoms with E-state index in [1.165, 1.54) is 0 Å². The number of amides is 1. The lowest BCUT2D eigenvalue weighted by molar-refractivity contribution is 0.0930. The standard InChI is InChI=1S/C21H27N3O3/c1-27-20-11-19(12-22-13-20)17-5-2-6-18(10-17)21(26)23-7-9-24-8-3-4-16(14-24)15-25/h2,5-6,10-13,16,25H,3-4,7-9,14-15H2,1H3,(H,23,26). The number of methoxy groups -OCH3 is 1. The van der Waals surface area contributed by atoms with E-state index >= 15 is 0 Å². The van der Waals surface area contributed by atoms with Gasteiger partial charge in [-0.1, -0.05) is 12.1 Å². The molecule has 27 heavy (non-hydrogen) atoms. The van der Waals surface area contributed by atoms with Crippen LogP contribution in [0, 0.1) is 5.92 Å². The van der Waals surface area contributed by atoms with Crippen LogP contribution in [0.3, 0.4) is 0 Å². The van der Waals surface area contributed by atoms with Crippen LogP contribution >= 0.6 is 0 Å². The maximum absolute atomic E-state index is 12.5. The highest BCUT2D eigenvalue weighted by atomic mass is 16.5. The van der Waals surface area contributed by atoms with Crippen molar-refractivity contribution < 1.29 is 14.6 Å². The van der Waals surface area contributed by atoms with Gasteiger partial charge in [0.1, 0.15) is 5.75 Å². The number of carbonyl (C=O) groups excluding carboxylic acids is 1. The number of rotatable bonds is 7. The number of pyridine rings is 1. The molecule has 3 rings (SSSR count). The number of aliphatic hydroxyl groups excluding tert-OH is 1. The molecule has 0 saturated carbocycles. The van der Waals surface area contributed by atoms with Crippen LogP contribution in [0.2, 0.25) is 0 Å². The van der Waals surface area contributed by atoms with Crippen molar-refractivity contribution >= 4 is 5.91 Å². The monoisotopic (exact) mass is 369 g/mol. The largest absolute Gasteiger partial charge is 0.495 e. The van der Waals surface area contributed by atoms with Crippen LogP contribution in [0.4, 0.5) is 0 Å². The number of aliphatic hydroxyl groups is 1. The van der Waals surface area contributed by atoms with E-state index in [1.54, 1.807) is 19.5 Å². The number of aromatic nitrogens is 1. The Labute approximate surface area is 160 Å². The Balaban J connectivity index is 1.57. The molecule has 1 aliphatic heterocycles. The number of nitrogens with one attached hydrogen (secondary N) is 1. The van der Waals surface area contributed by atoms with Crippen LogP contribution < -0.4 is 10.1 Å². The van der Waals surface area contributed by atoms with Gasteiger partial charge in [0.2, 0.25) is 0 Å². The van der Waals surface area contributed by atoms with Crippen molar-refractivity contribution in [1.82, 2.24) is 15.2 Å². The van der Waals surface area contributed by atoms with Crippen molar-refractivity contribution in [2.24, 2.45) is 5.92 Å². The van der Waals surface area contributed by atoms with Gasteiger partial charge in [-0.05, 0) is 49.1 Å². The Kier molecular flexibility index (Phi) is 6.79. The van der Waals surface area contributed by atoms with Crippen molar-refractivity contribution in [3.8, 4) is 16.9 Å². The van der Waals surface area contributed by atoms with Gasteiger partial charge in [0.15, 0.2) is 0 Å². The zero-order chi connectivity index (χ0) is 19.1. The molecule has 0 aliphatic carbocycles. The first-order chi connectivity index (χ1) is 13.2. The van der Waals surface area contributed by atoms with Crippen molar-refractivity contribution in [2.75, 3.05) is 39.9 Å². The highest BCUT2D eigenvalue weighted by Crippen LogP contribution is 2.23. The van der Waals surface area contributed by atoms with Crippen molar-refractivity contribution in [1.29, 1.82) is 0 Å². The molecular formula is C21H27N3O3. The van der Waals surface area contributed by atoms with Gasteiger partial charge in [-0.15, -0.1) is 0 Å². The molecule has 0 bridgehead atoms. The molecule has 0 radical (unpaired) electrons. The summed E-state index contributed by atoms with van der Waals surface area (Å²) in [6.07, 6.45) is 5.61. The Hall–Kier alpha value is -2.44. The first kappa shape index (κ1) is 19.3. The molecule has 1 atom stereocenters. The molecule has 2 heterocycles. The summed E-state index contributed by atoms with van der Waals surface area (Å²) in [5.74, 6) is 0.969. The quantitative estimate of drug-likeness (QED) is 0.783. The van der Waals surface area contributed by atoms with Gasteiger partial charge in [-0.2, -0.15) is 0 Å². The summed E-state index contributed by atoms with van der Waals surface area (Å²) in [6.45, 7) is 3.59. The predicted octanol–water partition coefficient (Wildman–Crippen LogP) is 2.19. The van der Waals surface area contributed by atoms with Gasteiger partial charge in [-0.25, -0.2) is 0 Å². The summed E-state index contributed by atoms with van der Waals surface area (Å²) in [5.41, 5.74) is 2.46. The fourth-order valence-electron chi connectivity index (χ4n) is 3.46. The SMILES string of the molecule is COc1cncc(-c2cccc(C(=O)NCCN3CCCC(CO)C3)c2)c1. The summed E-state index contributed by atoms with van der Waals surface area (Å²) in [7, 11) is 1.61. The van der Waals surface area contributed by atoms with Crippen molar-refractivity contribution in [2.45, 2.75) is 12.8 Å². The number of nitrogens with zero attached hydrogens (tertiary/aromatic N) is 2. The van der Waals surface area contributed by atoms with Gasteiger partial charge < -0.3 is 20.1 Å². The summed E-state index contributed by atoms with van der Waals surface area (Å²) in [6, 6.07) is 9.41. The average Bonchev–Trinajstić information content (AvgIpc) is 2.74. The minimum Gasteiger partial charge on any atom is -0.495 e. The second kappa shape index (κ2) is 9.48. The second-order valence-corrected chi connectivity index (χ2v) is 6.94. The van der Waals surface area contributed by atoms with Crippen molar-refractivity contribution in [3.63, 3.8) is 0 Å². The van der Waals surface area contributed by atoms with Gasteiger partial charge in [0.25, 0.3) is 5.91 Å². The van der Waals surface area contributed by atoms with Crippen LogP contribution in [0.15, 0.2) is 42.7 Å². The number of carbonyl (C=O) groups is 1. The van der Waals surface area contributed by atoms with Gasteiger partial charge >= 0.3 is 0 Å². The first-order valence-electron chi connectivity index (χ1n) is 9.40. The molecular weight excluding hydrogens is 342 g/mol. The summed E-state index contributed by atoms with van der Waals surface area (Å²) >= 11 is 0. The molecule has 6 heteroatoms. The molecule has 144 valence electrons. The average molecular weight is 369 g/mol. The minimum atomic E-state index is -0.0802. The van der Waals surface area contributed by atoms with E-state index in [2.05, 4.69) is 15.2 Å². The fourth-order valence-corrected chi connectivity index (χ4v) is 3.46. The van der Waals surface area contributed by atoms with Crippen molar-refractivity contribution in [3.05, 3.63) is 48.3 Å². The van der Waals surface area contributed by atoms with Crippen LogP contribution in [-0.2, 0) is 0 Å². The lowest BCUT2D eigenvalue weighted by atomic mass is 9.99. The van der Waals surface area contributed by atoms with Crippen LogP contribution in [0.1, 0.15) is 23.2 Å². The zero-order valence-electron chi connectivity index (χ0n) is 15.7. The Morgan fingerprint density at radius 2 is 2.22 bits per heavy atom. The maximum atomic E-state index is 12.5. The Bertz CT molecular complexity index is 766. The first-order valence-corrected chi connectivity index (χ1v) is 9.40. The predicted molar refractivity (Wildman–Crippen MR) is 105 cm³/mol. The minimum absolute atomic E-state index is 0.0802. The number of ether oxygens (including phenoxy) is 1. The van der Waals surface area contributed by atoms with Crippen LogP contribution in [0.25, 0.3) is 11.1 Å². The third-order valence-electron chi connectivity index (χ3n) is 4.98. The maximum Gasteiger partial charge on any atom is 0.251 e. The third kappa shape index (κ3) is 5.28. The molecule has 1 fully saturated rings. The van der Waals surface area contributed by atoms with E-state index < -0.39 is 0 Å². The van der Waals surface area contributed by atoms with Gasteiger partial charge in [0, 0.05) is 43.6 Å². The van der Waals surface area contributed by atoms with E-state index in [0.717, 1.165) is 43.6 Å². The summed E-state index contributed by atoms with van der Waals surface area (Å²) < 4.78 is 5.22. The molecule has 1 aromatic heterocycles. The van der Waals surface area contributed by atoms with E-state index in [9.17, 15) is 9.90 Å². The molecule has 2 N–H and O–H groups in total. The number of hydrogen-bond donors (Lipinski definition) is 2. The molecule has 1 aliphatic rings. The smallest absolute Gasteiger partial charge is 0.251 e. The molecule has 2 aromatic rings. The topological polar surface area (TPSA) is 74.7 Å². The number of benzene rings is 1. The summed E-state index contributed by atoms with van der Waals surface area (Å²) in [4.78, 5) is 19.0. The van der Waals surface area contributed by atoms with Gasteiger partial charge in [-0.3, -0.25) is 9.78 Å². The fraction of sp³-hybridized carbons (Fsp3) is 0.429. The van der Waals surface area contributed by atoms with Crippen LogP contribution in [-0.4, -0.2) is 60.8 Å². The molecule has 1 unspecified atom stereocenters. The zero-order valence-corrected chi connectivity index (χ0v) is 15.7. The molecule has 6 nitrogen and oxygen atoms in total. The lowest BCUT2D eigenvalue weighted by Crippen LogP contribution is -2.41. The molecule has 1 saturated heterocycles. The molecule has 1 aromatic carbocycles. The number of piperidine rings is 1. The van der Waals surface area contributed by atoms with E-state index in [4.69, 9.17) is 4.74 Å². The Morgan fingerprint density at radius 3 is 3.04 bits per heavy atom. The molecule has 0 spiro atoms. The number of hydrogen-bond acceptors (Lipinski definition) is 5. The number of likely N-dealkylation sites (tertiary alicyclic amines) is 1. The Morgan fingerprint density at radius 1 is 1.33 bits per heavy atom.